The second kappa shape index (κ2) is 9.25. The van der Waals surface area contributed by atoms with Crippen molar-refractivity contribution in [3.8, 4) is 21.7 Å². The SMILES string of the molecule is O=C(NC1CCC(O)CC1)c1nc(-c2ccc(Cl)cc2Cl)c(-c2ccc(Cl)cc2)s1. The number of carbonyl (C=O) groups is 1. The molecule has 1 fully saturated rings. The second-order valence-corrected chi connectivity index (χ2v) is 9.59. The second-order valence-electron chi connectivity index (χ2n) is 7.31. The topological polar surface area (TPSA) is 62.2 Å². The summed E-state index contributed by atoms with van der Waals surface area (Å²) in [6.45, 7) is 0. The van der Waals surface area contributed by atoms with E-state index in [2.05, 4.69) is 10.3 Å². The highest BCUT2D eigenvalue weighted by molar-refractivity contribution is 7.17. The third-order valence-electron chi connectivity index (χ3n) is 5.15. The van der Waals surface area contributed by atoms with Crippen LogP contribution in [0.3, 0.4) is 0 Å². The van der Waals surface area contributed by atoms with Crippen LogP contribution in [0.2, 0.25) is 15.1 Å². The number of rotatable bonds is 4. The molecule has 0 atom stereocenters. The quantitative estimate of drug-likeness (QED) is 0.449. The Labute approximate surface area is 193 Å². The zero-order valence-electron chi connectivity index (χ0n) is 15.9. The van der Waals surface area contributed by atoms with E-state index < -0.39 is 0 Å². The lowest BCUT2D eigenvalue weighted by Gasteiger charge is -2.25. The Balaban J connectivity index is 1.70. The van der Waals surface area contributed by atoms with Gasteiger partial charge in [-0.1, -0.05) is 46.9 Å². The van der Waals surface area contributed by atoms with Crippen molar-refractivity contribution in [3.05, 3.63) is 62.5 Å². The van der Waals surface area contributed by atoms with E-state index in [1.807, 2.05) is 18.2 Å². The van der Waals surface area contributed by atoms with Crippen LogP contribution < -0.4 is 5.32 Å². The number of aliphatic hydroxyl groups is 1. The normalized spacial score (nSPS) is 18.9. The van der Waals surface area contributed by atoms with E-state index in [0.717, 1.165) is 23.3 Å². The average Bonchev–Trinajstić information content (AvgIpc) is 3.15. The molecule has 2 aromatic carbocycles. The summed E-state index contributed by atoms with van der Waals surface area (Å²) >= 11 is 19.9. The van der Waals surface area contributed by atoms with Crippen LogP contribution >= 0.6 is 46.1 Å². The van der Waals surface area contributed by atoms with Crippen molar-refractivity contribution in [2.75, 3.05) is 0 Å². The lowest BCUT2D eigenvalue weighted by Crippen LogP contribution is -2.38. The van der Waals surface area contributed by atoms with Gasteiger partial charge < -0.3 is 10.4 Å². The van der Waals surface area contributed by atoms with Crippen LogP contribution in [-0.4, -0.2) is 28.1 Å². The van der Waals surface area contributed by atoms with Crippen LogP contribution in [0.15, 0.2) is 42.5 Å². The van der Waals surface area contributed by atoms with E-state index in [9.17, 15) is 9.90 Å². The molecule has 1 aromatic heterocycles. The largest absolute Gasteiger partial charge is 0.393 e. The molecule has 8 heteroatoms. The number of carbonyl (C=O) groups excluding carboxylic acids is 1. The summed E-state index contributed by atoms with van der Waals surface area (Å²) in [4.78, 5) is 18.4. The molecule has 4 rings (SSSR count). The summed E-state index contributed by atoms with van der Waals surface area (Å²) in [5, 5.41) is 14.7. The number of aliphatic hydroxyl groups excluding tert-OH is 1. The first-order chi connectivity index (χ1) is 14.4. The highest BCUT2D eigenvalue weighted by Crippen LogP contribution is 2.40. The molecule has 30 heavy (non-hydrogen) atoms. The van der Waals surface area contributed by atoms with E-state index >= 15 is 0 Å². The first kappa shape index (κ1) is 21.6. The molecular formula is C22H19Cl3N2O2S. The van der Waals surface area contributed by atoms with Crippen molar-refractivity contribution < 1.29 is 9.90 Å². The van der Waals surface area contributed by atoms with Crippen molar-refractivity contribution in [1.29, 1.82) is 0 Å². The molecular weight excluding hydrogens is 463 g/mol. The van der Waals surface area contributed by atoms with Gasteiger partial charge in [0.2, 0.25) is 0 Å². The summed E-state index contributed by atoms with van der Waals surface area (Å²) in [5.74, 6) is -0.215. The molecule has 3 aromatic rings. The molecule has 1 saturated carbocycles. The molecule has 1 aliphatic carbocycles. The number of nitrogens with zero attached hydrogens (tertiary/aromatic N) is 1. The summed E-state index contributed by atoms with van der Waals surface area (Å²) in [6.07, 6.45) is 2.65. The number of aromatic nitrogens is 1. The molecule has 156 valence electrons. The smallest absolute Gasteiger partial charge is 0.280 e. The maximum absolute atomic E-state index is 12.9. The van der Waals surface area contributed by atoms with Crippen LogP contribution in [0.4, 0.5) is 0 Å². The van der Waals surface area contributed by atoms with Gasteiger partial charge in [0.05, 0.1) is 21.7 Å². The Bertz CT molecular complexity index is 1060. The van der Waals surface area contributed by atoms with Gasteiger partial charge in [-0.2, -0.15) is 0 Å². The van der Waals surface area contributed by atoms with E-state index in [-0.39, 0.29) is 18.1 Å². The minimum Gasteiger partial charge on any atom is -0.393 e. The van der Waals surface area contributed by atoms with E-state index in [1.165, 1.54) is 11.3 Å². The summed E-state index contributed by atoms with van der Waals surface area (Å²) in [6, 6.07) is 12.7. The fraction of sp³-hybridized carbons (Fsp3) is 0.273. The first-order valence-electron chi connectivity index (χ1n) is 9.62. The lowest BCUT2D eigenvalue weighted by atomic mass is 9.93. The highest BCUT2D eigenvalue weighted by atomic mass is 35.5. The Morgan fingerprint density at radius 3 is 2.33 bits per heavy atom. The molecule has 1 heterocycles. The third kappa shape index (κ3) is 4.82. The minimum absolute atomic E-state index is 0.0475. The van der Waals surface area contributed by atoms with Crippen molar-refractivity contribution in [2.45, 2.75) is 37.8 Å². The Morgan fingerprint density at radius 2 is 1.67 bits per heavy atom. The van der Waals surface area contributed by atoms with Crippen LogP contribution in [-0.2, 0) is 0 Å². The average molecular weight is 482 g/mol. The molecule has 0 aliphatic heterocycles. The molecule has 0 radical (unpaired) electrons. The first-order valence-corrected chi connectivity index (χ1v) is 11.6. The van der Waals surface area contributed by atoms with Gasteiger partial charge >= 0.3 is 0 Å². The molecule has 2 N–H and O–H groups in total. The third-order valence-corrected chi connectivity index (χ3v) is 7.05. The number of amides is 1. The predicted octanol–water partition coefficient (Wildman–Crippen LogP) is 6.47. The van der Waals surface area contributed by atoms with E-state index in [0.29, 0.717) is 44.2 Å². The standard InChI is InChI=1S/C22H19Cl3N2O2S/c23-13-3-1-12(2-4-13)20-19(17-10-5-14(24)11-18(17)25)27-22(30-20)21(29)26-15-6-8-16(28)9-7-15/h1-5,10-11,15-16,28H,6-9H2,(H,26,29). The van der Waals surface area contributed by atoms with Crippen molar-refractivity contribution >= 4 is 52.0 Å². The maximum Gasteiger partial charge on any atom is 0.280 e. The number of thiazole rings is 1. The molecule has 4 nitrogen and oxygen atoms in total. The maximum atomic E-state index is 12.9. The fourth-order valence-electron chi connectivity index (χ4n) is 3.55. The summed E-state index contributed by atoms with van der Waals surface area (Å²) in [5.41, 5.74) is 2.24. The Morgan fingerprint density at radius 1 is 1.00 bits per heavy atom. The van der Waals surface area contributed by atoms with Gasteiger partial charge in [-0.15, -0.1) is 11.3 Å². The molecule has 0 spiro atoms. The van der Waals surface area contributed by atoms with Crippen LogP contribution in [0.1, 0.15) is 35.5 Å². The highest BCUT2D eigenvalue weighted by Gasteiger charge is 2.25. The fourth-order valence-corrected chi connectivity index (χ4v) is 5.16. The monoisotopic (exact) mass is 480 g/mol. The van der Waals surface area contributed by atoms with Crippen molar-refractivity contribution in [3.63, 3.8) is 0 Å². The number of hydrogen-bond donors (Lipinski definition) is 2. The Hall–Kier alpha value is -1.63. The number of benzene rings is 2. The van der Waals surface area contributed by atoms with Gasteiger partial charge in [-0.25, -0.2) is 4.98 Å². The molecule has 0 unspecified atom stereocenters. The van der Waals surface area contributed by atoms with Gasteiger partial charge in [0.1, 0.15) is 0 Å². The summed E-state index contributed by atoms with van der Waals surface area (Å²) in [7, 11) is 0. The lowest BCUT2D eigenvalue weighted by molar-refractivity contribution is 0.0867. The van der Waals surface area contributed by atoms with Crippen molar-refractivity contribution in [1.82, 2.24) is 10.3 Å². The van der Waals surface area contributed by atoms with E-state index in [1.54, 1.807) is 24.3 Å². The van der Waals surface area contributed by atoms with Gasteiger partial charge in [-0.3, -0.25) is 4.79 Å². The zero-order chi connectivity index (χ0) is 21.3. The molecule has 0 saturated heterocycles. The van der Waals surface area contributed by atoms with Crippen molar-refractivity contribution in [2.24, 2.45) is 0 Å². The zero-order valence-corrected chi connectivity index (χ0v) is 19.0. The van der Waals surface area contributed by atoms with Crippen LogP contribution in [0.5, 0.6) is 0 Å². The van der Waals surface area contributed by atoms with Gasteiger partial charge in [0, 0.05) is 21.7 Å². The number of halogens is 3. The van der Waals surface area contributed by atoms with Gasteiger partial charge in [-0.05, 0) is 61.6 Å². The van der Waals surface area contributed by atoms with Crippen LogP contribution in [0, 0.1) is 0 Å². The molecule has 1 amide bonds. The predicted molar refractivity (Wildman–Crippen MR) is 124 cm³/mol. The minimum atomic E-state index is -0.270. The van der Waals surface area contributed by atoms with Crippen LogP contribution in [0.25, 0.3) is 21.7 Å². The molecule has 0 bridgehead atoms. The number of hydrogen-bond acceptors (Lipinski definition) is 4. The number of nitrogens with one attached hydrogen (secondary N) is 1. The van der Waals surface area contributed by atoms with Gasteiger partial charge in [0.15, 0.2) is 5.01 Å². The molecule has 1 aliphatic rings. The van der Waals surface area contributed by atoms with E-state index in [4.69, 9.17) is 34.8 Å². The van der Waals surface area contributed by atoms with Gasteiger partial charge in [0.25, 0.3) is 5.91 Å². The Kier molecular flexibility index (Phi) is 6.66. The summed E-state index contributed by atoms with van der Waals surface area (Å²) < 4.78 is 0.